The molecule has 3 aromatic rings. The van der Waals surface area contributed by atoms with Gasteiger partial charge in [0.25, 0.3) is 5.91 Å². The lowest BCUT2D eigenvalue weighted by atomic mass is 10.1. The molecule has 4 rings (SSSR count). The number of aromatic nitrogens is 3. The molecule has 1 atom stereocenters. The normalized spacial score (nSPS) is 15.5. The Labute approximate surface area is 150 Å². The summed E-state index contributed by atoms with van der Waals surface area (Å²) in [6.07, 6.45) is 2.95. The molecule has 1 aromatic heterocycles. The summed E-state index contributed by atoms with van der Waals surface area (Å²) in [5.41, 5.74) is 1.65. The molecule has 0 aliphatic carbocycles. The van der Waals surface area contributed by atoms with E-state index < -0.39 is 0 Å². The van der Waals surface area contributed by atoms with Gasteiger partial charge in [0.05, 0.1) is 13.1 Å². The first-order chi connectivity index (χ1) is 12.8. The van der Waals surface area contributed by atoms with Crippen LogP contribution in [0, 0.1) is 0 Å². The molecule has 1 unspecified atom stereocenters. The molecule has 2 heterocycles. The second kappa shape index (κ2) is 7.26. The fourth-order valence-corrected chi connectivity index (χ4v) is 2.74. The first-order valence-corrected chi connectivity index (χ1v) is 8.36. The van der Waals surface area contributed by atoms with Crippen LogP contribution in [0.5, 0.6) is 11.5 Å². The summed E-state index contributed by atoms with van der Waals surface area (Å²) in [4.78, 5) is 16.2. The maximum Gasteiger partial charge on any atom is 0.251 e. The Morgan fingerprint density at radius 1 is 1.15 bits per heavy atom. The molecule has 7 nitrogen and oxygen atoms in total. The second-order valence-corrected chi connectivity index (χ2v) is 6.00. The molecule has 132 valence electrons. The van der Waals surface area contributed by atoms with Crippen molar-refractivity contribution in [2.45, 2.75) is 12.6 Å². The van der Waals surface area contributed by atoms with E-state index in [2.05, 4.69) is 15.4 Å². The van der Waals surface area contributed by atoms with E-state index in [9.17, 15) is 4.79 Å². The van der Waals surface area contributed by atoms with Gasteiger partial charge in [-0.15, -0.1) is 0 Å². The maximum atomic E-state index is 12.3. The van der Waals surface area contributed by atoms with Crippen molar-refractivity contribution in [1.82, 2.24) is 20.1 Å². The average molecular weight is 350 g/mol. The topological polar surface area (TPSA) is 78.3 Å². The molecule has 1 aliphatic heterocycles. The van der Waals surface area contributed by atoms with Crippen LogP contribution in [0.2, 0.25) is 0 Å². The number of carbonyl (C=O) groups excluding carboxylic acids is 1. The van der Waals surface area contributed by atoms with Crippen molar-refractivity contribution < 1.29 is 14.3 Å². The van der Waals surface area contributed by atoms with Crippen molar-refractivity contribution in [3.8, 4) is 11.5 Å². The number of para-hydroxylation sites is 2. The number of hydrogen-bond donors (Lipinski definition) is 1. The molecular formula is C19H18N4O3. The number of nitrogens with one attached hydrogen (secondary N) is 1. The molecule has 26 heavy (non-hydrogen) atoms. The highest BCUT2D eigenvalue weighted by Crippen LogP contribution is 2.30. The molecule has 0 bridgehead atoms. The first-order valence-electron chi connectivity index (χ1n) is 8.36. The van der Waals surface area contributed by atoms with E-state index in [4.69, 9.17) is 9.47 Å². The maximum absolute atomic E-state index is 12.3. The lowest BCUT2D eigenvalue weighted by Gasteiger charge is -2.26. The zero-order valence-electron chi connectivity index (χ0n) is 14.0. The third-order valence-corrected chi connectivity index (χ3v) is 4.09. The van der Waals surface area contributed by atoms with E-state index in [1.165, 1.54) is 6.33 Å². The first kappa shape index (κ1) is 16.1. The number of hydrogen-bond acceptors (Lipinski definition) is 5. The smallest absolute Gasteiger partial charge is 0.251 e. The average Bonchev–Trinajstić information content (AvgIpc) is 3.19. The fourth-order valence-electron chi connectivity index (χ4n) is 2.74. The third kappa shape index (κ3) is 3.66. The molecule has 0 fully saturated rings. The summed E-state index contributed by atoms with van der Waals surface area (Å²) in [5, 5.41) is 6.96. The number of nitrogens with zero attached hydrogens (tertiary/aromatic N) is 3. The van der Waals surface area contributed by atoms with Gasteiger partial charge in [0.2, 0.25) is 0 Å². The van der Waals surface area contributed by atoms with E-state index in [1.54, 1.807) is 23.1 Å². The standard InChI is InChI=1S/C19H18N4O3/c24-19(15-7-5-14(6-8-15)10-23-13-20-12-22-23)21-9-16-11-25-17-3-1-2-4-18(17)26-16/h1-8,12-13,16H,9-11H2,(H,21,24). The number of benzene rings is 2. The third-order valence-electron chi connectivity index (χ3n) is 4.09. The predicted octanol–water partition coefficient (Wildman–Crippen LogP) is 1.90. The minimum atomic E-state index is -0.208. The number of ether oxygens (including phenoxy) is 2. The Balaban J connectivity index is 1.31. The van der Waals surface area contributed by atoms with Crippen LogP contribution < -0.4 is 14.8 Å². The van der Waals surface area contributed by atoms with E-state index in [-0.39, 0.29) is 12.0 Å². The molecule has 0 spiro atoms. The van der Waals surface area contributed by atoms with E-state index >= 15 is 0 Å². The summed E-state index contributed by atoms with van der Waals surface area (Å²) >= 11 is 0. The Morgan fingerprint density at radius 2 is 1.96 bits per heavy atom. The van der Waals surface area contributed by atoms with Gasteiger partial charge in [-0.2, -0.15) is 5.10 Å². The Bertz CT molecular complexity index is 878. The highest BCUT2D eigenvalue weighted by molar-refractivity contribution is 5.94. The molecule has 7 heteroatoms. The molecular weight excluding hydrogens is 332 g/mol. The lowest BCUT2D eigenvalue weighted by molar-refractivity contribution is 0.0789. The largest absolute Gasteiger partial charge is 0.486 e. The Morgan fingerprint density at radius 3 is 2.73 bits per heavy atom. The summed E-state index contributed by atoms with van der Waals surface area (Å²) in [5.74, 6) is 1.30. The second-order valence-electron chi connectivity index (χ2n) is 6.00. The van der Waals surface area contributed by atoms with Crippen LogP contribution >= 0.6 is 0 Å². The Kier molecular flexibility index (Phi) is 4.51. The molecule has 2 aromatic carbocycles. The quantitative estimate of drug-likeness (QED) is 0.760. The van der Waals surface area contributed by atoms with Gasteiger partial charge in [-0.25, -0.2) is 9.67 Å². The van der Waals surface area contributed by atoms with Gasteiger partial charge in [-0.3, -0.25) is 4.79 Å². The summed E-state index contributed by atoms with van der Waals surface area (Å²) in [7, 11) is 0. The number of carbonyl (C=O) groups is 1. The monoisotopic (exact) mass is 350 g/mol. The number of rotatable bonds is 5. The van der Waals surface area contributed by atoms with Gasteiger partial charge in [0, 0.05) is 5.56 Å². The van der Waals surface area contributed by atoms with Crippen LogP contribution in [0.1, 0.15) is 15.9 Å². The van der Waals surface area contributed by atoms with Crippen molar-refractivity contribution in [2.24, 2.45) is 0 Å². The van der Waals surface area contributed by atoms with E-state index in [0.29, 0.717) is 31.0 Å². The SMILES string of the molecule is O=C(NCC1COc2ccccc2O1)c1ccc(Cn2cncn2)cc1. The van der Waals surface area contributed by atoms with Crippen molar-refractivity contribution in [2.75, 3.05) is 13.2 Å². The Hall–Kier alpha value is -3.35. The fraction of sp³-hybridized carbons (Fsp3) is 0.211. The molecule has 0 radical (unpaired) electrons. The molecule has 1 N–H and O–H groups in total. The predicted molar refractivity (Wildman–Crippen MR) is 94.3 cm³/mol. The highest BCUT2D eigenvalue weighted by Gasteiger charge is 2.21. The summed E-state index contributed by atoms with van der Waals surface area (Å²) in [6, 6.07) is 14.9. The van der Waals surface area contributed by atoms with Crippen LogP contribution in [0.15, 0.2) is 61.2 Å². The molecule has 0 saturated heterocycles. The zero-order valence-corrected chi connectivity index (χ0v) is 14.0. The van der Waals surface area contributed by atoms with Crippen molar-refractivity contribution in [3.63, 3.8) is 0 Å². The minimum Gasteiger partial charge on any atom is -0.486 e. The van der Waals surface area contributed by atoms with Gasteiger partial charge in [0.1, 0.15) is 25.4 Å². The van der Waals surface area contributed by atoms with Crippen LogP contribution in [0.25, 0.3) is 0 Å². The van der Waals surface area contributed by atoms with Crippen LogP contribution in [-0.4, -0.2) is 39.9 Å². The molecule has 1 amide bonds. The zero-order chi connectivity index (χ0) is 17.8. The van der Waals surface area contributed by atoms with Crippen molar-refractivity contribution in [3.05, 3.63) is 72.3 Å². The van der Waals surface area contributed by atoms with Gasteiger partial charge in [-0.1, -0.05) is 24.3 Å². The van der Waals surface area contributed by atoms with Gasteiger partial charge < -0.3 is 14.8 Å². The van der Waals surface area contributed by atoms with E-state index in [0.717, 1.165) is 11.3 Å². The number of amides is 1. The van der Waals surface area contributed by atoms with Gasteiger partial charge in [-0.05, 0) is 29.8 Å². The van der Waals surface area contributed by atoms with Crippen molar-refractivity contribution >= 4 is 5.91 Å². The van der Waals surface area contributed by atoms with Crippen LogP contribution in [0.4, 0.5) is 0 Å². The number of fused-ring (bicyclic) bond motifs is 1. The molecule has 1 aliphatic rings. The molecule has 0 saturated carbocycles. The lowest BCUT2D eigenvalue weighted by Crippen LogP contribution is -2.40. The van der Waals surface area contributed by atoms with Crippen LogP contribution in [0.3, 0.4) is 0 Å². The summed E-state index contributed by atoms with van der Waals surface area (Å²) < 4.78 is 13.2. The van der Waals surface area contributed by atoms with E-state index in [1.807, 2.05) is 36.4 Å². The van der Waals surface area contributed by atoms with Crippen LogP contribution in [-0.2, 0) is 6.54 Å². The van der Waals surface area contributed by atoms with Gasteiger partial charge in [0.15, 0.2) is 11.5 Å². The van der Waals surface area contributed by atoms with Crippen molar-refractivity contribution in [1.29, 1.82) is 0 Å². The van der Waals surface area contributed by atoms with Gasteiger partial charge >= 0.3 is 0 Å². The summed E-state index contributed by atoms with van der Waals surface area (Å²) in [6.45, 7) is 1.41. The highest BCUT2D eigenvalue weighted by atomic mass is 16.6. The minimum absolute atomic E-state index is 0.139.